The molecule has 13 heavy (non-hydrogen) atoms. The van der Waals surface area contributed by atoms with Crippen LogP contribution in [0.2, 0.25) is 0 Å². The molecule has 0 saturated carbocycles. The lowest BCUT2D eigenvalue weighted by atomic mass is 9.83. The molecule has 1 heteroatoms. The predicted octanol–water partition coefficient (Wildman–Crippen LogP) is 3.30. The minimum Gasteiger partial charge on any atom is -0.316 e. The normalized spacial score (nSPS) is 16.2. The summed E-state index contributed by atoms with van der Waals surface area (Å²) < 4.78 is 0. The van der Waals surface area contributed by atoms with Crippen LogP contribution in [0.25, 0.3) is 0 Å². The third-order valence-electron chi connectivity index (χ3n) is 3.04. The van der Waals surface area contributed by atoms with E-state index in [0.717, 1.165) is 17.8 Å². The van der Waals surface area contributed by atoms with Crippen molar-refractivity contribution in [1.82, 2.24) is 5.32 Å². The Morgan fingerprint density at radius 3 is 2.08 bits per heavy atom. The van der Waals surface area contributed by atoms with E-state index in [0.29, 0.717) is 0 Å². The quantitative estimate of drug-likeness (QED) is 0.600. The Morgan fingerprint density at radius 1 is 1.08 bits per heavy atom. The van der Waals surface area contributed by atoms with Crippen molar-refractivity contribution < 1.29 is 0 Å². The molecule has 2 unspecified atom stereocenters. The summed E-state index contributed by atoms with van der Waals surface area (Å²) in [6.45, 7) is 13.9. The Balaban J connectivity index is 3.80. The zero-order valence-corrected chi connectivity index (χ0v) is 10.1. The largest absolute Gasteiger partial charge is 0.316 e. The Labute approximate surface area is 84.3 Å². The number of hydrogen-bond donors (Lipinski definition) is 1. The van der Waals surface area contributed by atoms with Gasteiger partial charge in [0.15, 0.2) is 0 Å². The number of nitrogens with one attached hydrogen (secondary N) is 1. The molecule has 1 nitrogen and oxygen atoms in total. The van der Waals surface area contributed by atoms with Crippen molar-refractivity contribution in [2.45, 2.75) is 47.5 Å². The van der Waals surface area contributed by atoms with E-state index in [4.69, 9.17) is 0 Å². The van der Waals surface area contributed by atoms with E-state index in [2.05, 4.69) is 39.9 Å². The average molecular weight is 185 g/mol. The van der Waals surface area contributed by atoms with Crippen molar-refractivity contribution in [3.8, 4) is 0 Å². The van der Waals surface area contributed by atoms with Crippen LogP contribution in [0.15, 0.2) is 0 Å². The van der Waals surface area contributed by atoms with Crippen LogP contribution in [0.5, 0.6) is 0 Å². The molecule has 0 aromatic rings. The lowest BCUT2D eigenvalue weighted by Crippen LogP contribution is -2.31. The van der Waals surface area contributed by atoms with E-state index in [1.54, 1.807) is 0 Å². The van der Waals surface area contributed by atoms with Gasteiger partial charge in [-0.1, -0.05) is 41.0 Å². The monoisotopic (exact) mass is 185 g/mol. The maximum Gasteiger partial charge on any atom is -0.00155 e. The maximum atomic E-state index is 3.53. The Bertz CT molecular complexity index is 110. The molecule has 0 fully saturated rings. The van der Waals surface area contributed by atoms with Gasteiger partial charge in [0.2, 0.25) is 0 Å². The zero-order valence-electron chi connectivity index (χ0n) is 10.1. The molecule has 2 atom stereocenters. The highest BCUT2D eigenvalue weighted by molar-refractivity contribution is 4.71. The third-order valence-corrected chi connectivity index (χ3v) is 3.04. The van der Waals surface area contributed by atoms with Gasteiger partial charge in [-0.25, -0.2) is 0 Å². The average Bonchev–Trinajstić information content (AvgIpc) is 2.11. The zero-order chi connectivity index (χ0) is 10.3. The minimum absolute atomic E-state index is 0.805. The summed E-state index contributed by atoms with van der Waals surface area (Å²) in [6.07, 6.45) is 2.54. The van der Waals surface area contributed by atoms with Gasteiger partial charge >= 0.3 is 0 Å². The second-order valence-corrected chi connectivity index (χ2v) is 4.50. The maximum absolute atomic E-state index is 3.53. The Kier molecular flexibility index (Phi) is 7.35. The van der Waals surface area contributed by atoms with Crippen LogP contribution in [0.4, 0.5) is 0 Å². The van der Waals surface area contributed by atoms with Gasteiger partial charge in [0.05, 0.1) is 0 Å². The molecule has 0 bridgehead atoms. The number of hydrogen-bond acceptors (Lipinski definition) is 1. The summed E-state index contributed by atoms with van der Waals surface area (Å²) >= 11 is 0. The van der Waals surface area contributed by atoms with E-state index in [9.17, 15) is 0 Å². The molecule has 0 amide bonds. The molecule has 1 N–H and O–H groups in total. The molecule has 80 valence electrons. The molecule has 0 aliphatic heterocycles. The van der Waals surface area contributed by atoms with Gasteiger partial charge in [-0.3, -0.25) is 0 Å². The van der Waals surface area contributed by atoms with Crippen molar-refractivity contribution >= 4 is 0 Å². The van der Waals surface area contributed by atoms with E-state index in [1.165, 1.54) is 25.9 Å². The van der Waals surface area contributed by atoms with Crippen LogP contribution >= 0.6 is 0 Å². The van der Waals surface area contributed by atoms with Gasteiger partial charge in [0.1, 0.15) is 0 Å². The van der Waals surface area contributed by atoms with Crippen LogP contribution in [0.1, 0.15) is 47.5 Å². The van der Waals surface area contributed by atoms with Crippen molar-refractivity contribution in [2.75, 3.05) is 13.1 Å². The molecular formula is C12H27N. The first-order valence-electron chi connectivity index (χ1n) is 5.84. The highest BCUT2D eigenvalue weighted by Crippen LogP contribution is 2.22. The summed E-state index contributed by atoms with van der Waals surface area (Å²) in [6, 6.07) is 0. The first-order valence-corrected chi connectivity index (χ1v) is 5.84. The summed E-state index contributed by atoms with van der Waals surface area (Å²) in [5.74, 6) is 2.50. The van der Waals surface area contributed by atoms with Gasteiger partial charge in [-0.05, 0) is 37.3 Å². The van der Waals surface area contributed by atoms with Crippen molar-refractivity contribution in [3.63, 3.8) is 0 Å². The van der Waals surface area contributed by atoms with Gasteiger partial charge in [-0.2, -0.15) is 0 Å². The first-order chi connectivity index (χ1) is 6.13. The fourth-order valence-electron chi connectivity index (χ4n) is 1.84. The molecule has 0 radical (unpaired) electrons. The fraction of sp³-hybridized carbons (Fsp3) is 1.00. The van der Waals surface area contributed by atoms with Crippen molar-refractivity contribution in [3.05, 3.63) is 0 Å². The Morgan fingerprint density at radius 2 is 1.69 bits per heavy atom. The van der Waals surface area contributed by atoms with E-state index in [-0.39, 0.29) is 0 Å². The molecule has 0 aromatic heterocycles. The summed E-state index contributed by atoms with van der Waals surface area (Å²) in [5.41, 5.74) is 0. The highest BCUT2D eigenvalue weighted by Gasteiger charge is 2.18. The smallest absolute Gasteiger partial charge is 0.00155 e. The van der Waals surface area contributed by atoms with Crippen molar-refractivity contribution in [1.29, 1.82) is 0 Å². The standard InChI is InChI=1S/C12H27N/c1-6-8-13-9-12(10(3)4)11(5)7-2/h10-13H,6-9H2,1-5H3. The predicted molar refractivity (Wildman–Crippen MR) is 60.9 cm³/mol. The van der Waals surface area contributed by atoms with Gasteiger partial charge in [0, 0.05) is 0 Å². The molecule has 0 aliphatic carbocycles. The second kappa shape index (κ2) is 7.37. The lowest BCUT2D eigenvalue weighted by Gasteiger charge is -2.27. The van der Waals surface area contributed by atoms with Gasteiger partial charge < -0.3 is 5.32 Å². The second-order valence-electron chi connectivity index (χ2n) is 4.50. The molecule has 0 spiro atoms. The fourth-order valence-corrected chi connectivity index (χ4v) is 1.84. The van der Waals surface area contributed by atoms with Crippen LogP contribution in [0.3, 0.4) is 0 Å². The topological polar surface area (TPSA) is 12.0 Å². The van der Waals surface area contributed by atoms with E-state index >= 15 is 0 Å². The summed E-state index contributed by atoms with van der Waals surface area (Å²) in [7, 11) is 0. The molecule has 0 saturated heterocycles. The molecule has 0 aliphatic rings. The summed E-state index contributed by atoms with van der Waals surface area (Å²) in [4.78, 5) is 0. The van der Waals surface area contributed by atoms with Gasteiger partial charge in [-0.15, -0.1) is 0 Å². The molecular weight excluding hydrogens is 158 g/mol. The number of rotatable bonds is 7. The van der Waals surface area contributed by atoms with E-state index < -0.39 is 0 Å². The minimum atomic E-state index is 0.805. The molecule has 0 rings (SSSR count). The highest BCUT2D eigenvalue weighted by atomic mass is 14.9. The van der Waals surface area contributed by atoms with Crippen LogP contribution < -0.4 is 5.32 Å². The van der Waals surface area contributed by atoms with Crippen LogP contribution in [-0.4, -0.2) is 13.1 Å². The van der Waals surface area contributed by atoms with Crippen LogP contribution in [0, 0.1) is 17.8 Å². The molecule has 0 aromatic carbocycles. The lowest BCUT2D eigenvalue weighted by molar-refractivity contribution is 0.254. The van der Waals surface area contributed by atoms with Gasteiger partial charge in [0.25, 0.3) is 0 Å². The first kappa shape index (κ1) is 13.0. The summed E-state index contributed by atoms with van der Waals surface area (Å²) in [5, 5.41) is 3.53. The molecule has 0 heterocycles. The van der Waals surface area contributed by atoms with Crippen molar-refractivity contribution in [2.24, 2.45) is 17.8 Å². The Hall–Kier alpha value is -0.0400. The van der Waals surface area contributed by atoms with E-state index in [1.807, 2.05) is 0 Å². The third kappa shape index (κ3) is 5.30. The van der Waals surface area contributed by atoms with Crippen LogP contribution in [-0.2, 0) is 0 Å². The SMILES string of the molecule is CCCNCC(C(C)C)C(C)CC.